The molecule has 0 bridgehead atoms. The summed E-state index contributed by atoms with van der Waals surface area (Å²) in [6.07, 6.45) is 6.06. The summed E-state index contributed by atoms with van der Waals surface area (Å²) >= 11 is 1.59. The van der Waals surface area contributed by atoms with Crippen molar-refractivity contribution in [3.63, 3.8) is 0 Å². The van der Waals surface area contributed by atoms with Crippen molar-refractivity contribution in [1.82, 2.24) is 14.9 Å². The fourth-order valence-corrected chi connectivity index (χ4v) is 4.84. The van der Waals surface area contributed by atoms with Crippen LogP contribution in [-0.4, -0.2) is 33.1 Å². The molecule has 1 aliphatic heterocycles. The van der Waals surface area contributed by atoms with Crippen molar-refractivity contribution < 1.29 is 9.84 Å². The molecule has 0 saturated carbocycles. The maximum absolute atomic E-state index is 11.4. The van der Waals surface area contributed by atoms with Crippen molar-refractivity contribution in [3.8, 4) is 5.75 Å². The Morgan fingerprint density at radius 3 is 2.69 bits per heavy atom. The van der Waals surface area contributed by atoms with Crippen LogP contribution in [0.25, 0.3) is 0 Å². The highest BCUT2D eigenvalue weighted by Gasteiger charge is 2.35. The maximum Gasteiger partial charge on any atom is 0.125 e. The average molecular weight is 410 g/mol. The molecule has 152 valence electrons. The zero-order chi connectivity index (χ0) is 20.1. The molecule has 4 rings (SSSR count). The number of nitrogens with zero attached hydrogens (tertiary/aromatic N) is 3. The van der Waals surface area contributed by atoms with Crippen LogP contribution in [0.1, 0.15) is 40.4 Å². The molecule has 0 unspecified atom stereocenters. The van der Waals surface area contributed by atoms with Crippen LogP contribution < -0.4 is 4.74 Å². The van der Waals surface area contributed by atoms with Crippen LogP contribution in [-0.2, 0) is 18.8 Å². The first-order valence-electron chi connectivity index (χ1n) is 10.1. The molecule has 1 saturated heterocycles. The van der Waals surface area contributed by atoms with Crippen molar-refractivity contribution >= 4 is 11.3 Å². The number of aryl methyl sites for hydroxylation is 1. The van der Waals surface area contributed by atoms with Gasteiger partial charge in [0.25, 0.3) is 0 Å². The molecule has 5 nitrogen and oxygen atoms in total. The highest BCUT2D eigenvalue weighted by Crippen LogP contribution is 2.37. The van der Waals surface area contributed by atoms with E-state index in [9.17, 15) is 5.11 Å². The Morgan fingerprint density at radius 2 is 1.90 bits per heavy atom. The van der Waals surface area contributed by atoms with Crippen LogP contribution in [0.5, 0.6) is 5.75 Å². The summed E-state index contributed by atoms with van der Waals surface area (Å²) in [4.78, 5) is 12.3. The lowest BCUT2D eigenvalue weighted by Gasteiger charge is -2.24. The van der Waals surface area contributed by atoms with E-state index in [0.29, 0.717) is 13.0 Å². The van der Waals surface area contributed by atoms with E-state index in [1.807, 2.05) is 49.6 Å². The predicted molar refractivity (Wildman–Crippen MR) is 115 cm³/mol. The average Bonchev–Trinajstić information content (AvgIpc) is 3.02. The zero-order valence-electron chi connectivity index (χ0n) is 16.8. The summed E-state index contributed by atoms with van der Waals surface area (Å²) in [5, 5.41) is 12.2. The van der Waals surface area contributed by atoms with Crippen LogP contribution in [0.15, 0.2) is 54.9 Å². The Labute approximate surface area is 176 Å². The number of hydrogen-bond donors (Lipinski definition) is 1. The summed E-state index contributed by atoms with van der Waals surface area (Å²) < 4.78 is 5.89. The van der Waals surface area contributed by atoms with E-state index in [4.69, 9.17) is 9.72 Å². The highest BCUT2D eigenvalue weighted by atomic mass is 32.1. The van der Waals surface area contributed by atoms with Gasteiger partial charge in [0.1, 0.15) is 23.0 Å². The zero-order valence-corrected chi connectivity index (χ0v) is 17.6. The van der Waals surface area contributed by atoms with Crippen molar-refractivity contribution in [3.05, 3.63) is 76.0 Å². The van der Waals surface area contributed by atoms with Gasteiger partial charge in [-0.25, -0.2) is 4.98 Å². The molecule has 0 aliphatic carbocycles. The molecule has 3 aromatic rings. The normalized spacial score (nSPS) is 20.3. The third kappa shape index (κ3) is 5.01. The molecule has 1 atom stereocenters. The van der Waals surface area contributed by atoms with E-state index in [0.717, 1.165) is 53.8 Å². The largest absolute Gasteiger partial charge is 0.488 e. The van der Waals surface area contributed by atoms with Crippen LogP contribution in [0, 0.1) is 6.92 Å². The van der Waals surface area contributed by atoms with E-state index >= 15 is 0 Å². The van der Waals surface area contributed by atoms with E-state index in [1.54, 1.807) is 11.3 Å². The Hall–Kier alpha value is -2.28. The molecule has 6 heteroatoms. The SMILES string of the molecule is Cc1nc([C@]2(O)CCCN(Cc3ccncc3)CC2)sc1COc1ccccc1. The quantitative estimate of drug-likeness (QED) is 0.658. The van der Waals surface area contributed by atoms with Gasteiger partial charge in [0.05, 0.1) is 10.6 Å². The topological polar surface area (TPSA) is 58.5 Å². The highest BCUT2D eigenvalue weighted by molar-refractivity contribution is 7.11. The lowest BCUT2D eigenvalue weighted by Crippen LogP contribution is -2.29. The molecule has 1 N–H and O–H groups in total. The number of rotatable bonds is 6. The number of thiazole rings is 1. The second-order valence-corrected chi connectivity index (χ2v) is 8.73. The van der Waals surface area contributed by atoms with Crippen molar-refractivity contribution in [2.24, 2.45) is 0 Å². The van der Waals surface area contributed by atoms with Crippen LogP contribution in [0.4, 0.5) is 0 Å². The summed E-state index contributed by atoms with van der Waals surface area (Å²) in [7, 11) is 0. The van der Waals surface area contributed by atoms with E-state index < -0.39 is 5.60 Å². The van der Waals surface area contributed by atoms with Gasteiger partial charge in [-0.05, 0) is 62.6 Å². The number of pyridine rings is 1. The number of ether oxygens (including phenoxy) is 1. The van der Waals surface area contributed by atoms with Crippen LogP contribution in [0.3, 0.4) is 0 Å². The summed E-state index contributed by atoms with van der Waals surface area (Å²) in [6, 6.07) is 13.9. The van der Waals surface area contributed by atoms with E-state index in [1.165, 1.54) is 5.56 Å². The second kappa shape index (κ2) is 9.03. The maximum atomic E-state index is 11.4. The molecule has 2 aromatic heterocycles. The van der Waals surface area contributed by atoms with Crippen molar-refractivity contribution in [2.45, 2.75) is 44.9 Å². The predicted octanol–water partition coefficient (Wildman–Crippen LogP) is 4.30. The minimum atomic E-state index is -0.854. The standard InChI is InChI=1S/C23H27N3O2S/c1-18-21(17-28-20-6-3-2-4-7-20)29-22(25-18)23(27)10-5-14-26(15-11-23)16-19-8-12-24-13-9-19/h2-4,6-9,12-13,27H,5,10-11,14-17H2,1H3/t23-/m0/s1. The Morgan fingerprint density at radius 1 is 1.10 bits per heavy atom. The van der Waals surface area contributed by atoms with Gasteiger partial charge >= 0.3 is 0 Å². The molecule has 1 aromatic carbocycles. The van der Waals surface area contributed by atoms with Gasteiger partial charge in [0, 0.05) is 25.5 Å². The first kappa shape index (κ1) is 20.0. The lowest BCUT2D eigenvalue weighted by atomic mass is 9.96. The van der Waals surface area contributed by atoms with Crippen LogP contribution >= 0.6 is 11.3 Å². The van der Waals surface area contributed by atoms with E-state index in [-0.39, 0.29) is 0 Å². The number of aromatic nitrogens is 2. The first-order chi connectivity index (χ1) is 14.1. The second-order valence-electron chi connectivity index (χ2n) is 7.65. The molecular weight excluding hydrogens is 382 g/mol. The summed E-state index contributed by atoms with van der Waals surface area (Å²) in [5.41, 5.74) is 1.36. The molecule has 29 heavy (non-hydrogen) atoms. The van der Waals surface area contributed by atoms with Gasteiger partial charge < -0.3 is 9.84 Å². The number of para-hydroxylation sites is 1. The van der Waals surface area contributed by atoms with Crippen molar-refractivity contribution in [1.29, 1.82) is 0 Å². The van der Waals surface area contributed by atoms with E-state index in [2.05, 4.69) is 22.0 Å². The van der Waals surface area contributed by atoms with Crippen molar-refractivity contribution in [2.75, 3.05) is 13.1 Å². The van der Waals surface area contributed by atoms with Crippen LogP contribution in [0.2, 0.25) is 0 Å². The fraction of sp³-hybridized carbons (Fsp3) is 0.391. The molecular formula is C23H27N3O2S. The van der Waals surface area contributed by atoms with Gasteiger partial charge in [0.2, 0.25) is 0 Å². The lowest BCUT2D eigenvalue weighted by molar-refractivity contribution is 0.0207. The van der Waals surface area contributed by atoms with Gasteiger partial charge in [-0.15, -0.1) is 11.3 Å². The molecule has 3 heterocycles. The Bertz CT molecular complexity index is 916. The van der Waals surface area contributed by atoms with Gasteiger partial charge in [-0.3, -0.25) is 9.88 Å². The number of aliphatic hydroxyl groups is 1. The molecule has 1 fully saturated rings. The minimum Gasteiger partial charge on any atom is -0.488 e. The number of likely N-dealkylation sites (tertiary alicyclic amines) is 1. The summed E-state index contributed by atoms with van der Waals surface area (Å²) in [5.74, 6) is 0.849. The monoisotopic (exact) mass is 409 g/mol. The molecule has 0 radical (unpaired) electrons. The number of hydrogen-bond acceptors (Lipinski definition) is 6. The minimum absolute atomic E-state index is 0.484. The molecule has 1 aliphatic rings. The summed E-state index contributed by atoms with van der Waals surface area (Å²) in [6.45, 7) is 5.22. The van der Waals surface area contributed by atoms with Gasteiger partial charge in [-0.2, -0.15) is 0 Å². The number of benzene rings is 1. The first-order valence-corrected chi connectivity index (χ1v) is 10.9. The third-order valence-electron chi connectivity index (χ3n) is 5.47. The van der Waals surface area contributed by atoms with Gasteiger partial charge in [-0.1, -0.05) is 18.2 Å². The Kier molecular flexibility index (Phi) is 6.23. The fourth-order valence-electron chi connectivity index (χ4n) is 3.72. The third-order valence-corrected chi connectivity index (χ3v) is 6.79. The molecule has 0 spiro atoms. The molecule has 0 amide bonds. The van der Waals surface area contributed by atoms with Gasteiger partial charge in [0.15, 0.2) is 0 Å². The Balaban J connectivity index is 1.41. The smallest absolute Gasteiger partial charge is 0.125 e.